The van der Waals surface area contributed by atoms with Crippen LogP contribution in [0.5, 0.6) is 0 Å². The van der Waals surface area contributed by atoms with Gasteiger partial charge in [-0.2, -0.15) is 13.2 Å². The van der Waals surface area contributed by atoms with Gasteiger partial charge >= 0.3 is 6.18 Å². The van der Waals surface area contributed by atoms with Crippen LogP contribution in [0, 0.1) is 0 Å². The number of benzene rings is 1. The van der Waals surface area contributed by atoms with E-state index >= 15 is 0 Å². The van der Waals surface area contributed by atoms with Crippen molar-refractivity contribution in [2.24, 2.45) is 0 Å². The minimum atomic E-state index is -4.29. The van der Waals surface area contributed by atoms with Crippen LogP contribution in [-0.2, 0) is 6.18 Å². The van der Waals surface area contributed by atoms with Gasteiger partial charge in [0, 0.05) is 25.6 Å². The number of likely N-dealkylation sites (N-methyl/N-ethyl adjacent to an activating group) is 1. The number of fused-ring (bicyclic) bond motifs is 3. The number of nitrogens with one attached hydrogen (secondary N) is 1. The molecule has 0 amide bonds. The number of hydrogen-bond acceptors (Lipinski definition) is 2. The topological polar surface area (TPSA) is 15.3 Å². The Morgan fingerprint density at radius 1 is 1.08 bits per heavy atom. The largest absolute Gasteiger partial charge is 0.418 e. The van der Waals surface area contributed by atoms with Crippen LogP contribution in [-0.4, -0.2) is 26.2 Å². The van der Waals surface area contributed by atoms with Gasteiger partial charge in [-0.25, -0.2) is 0 Å². The highest BCUT2D eigenvalue weighted by atomic mass is 19.4. The minimum absolute atomic E-state index is 0.184. The second-order valence-corrected chi connectivity index (χ2v) is 7.62. The summed E-state index contributed by atoms with van der Waals surface area (Å²) in [6.45, 7) is 1.67. The molecule has 1 saturated carbocycles. The van der Waals surface area contributed by atoms with Crippen molar-refractivity contribution in [3.8, 4) is 0 Å². The van der Waals surface area contributed by atoms with Gasteiger partial charge < -0.3 is 10.2 Å². The molecule has 3 aliphatic rings. The molecule has 1 aliphatic carbocycles. The molecule has 4 rings (SSSR count). The van der Waals surface area contributed by atoms with E-state index in [0.29, 0.717) is 11.6 Å². The molecule has 0 bridgehead atoms. The van der Waals surface area contributed by atoms with Crippen molar-refractivity contribution in [3.05, 3.63) is 28.8 Å². The van der Waals surface area contributed by atoms with Crippen LogP contribution < -0.4 is 10.2 Å². The summed E-state index contributed by atoms with van der Waals surface area (Å²) in [5.41, 5.74) is 1.85. The van der Waals surface area contributed by atoms with Crippen LogP contribution >= 0.6 is 0 Å². The molecule has 1 aromatic rings. The Kier molecular flexibility index (Phi) is 4.02. The standard InChI is InChI=1S/C19H25F3N2/c1-24-17-7-8-23-11-15(17)14-9-13(12-5-3-2-4-6-12)10-16(18(14)24)19(20,21)22/h9-10,12,15,17,23H,2-8,11H2,1H3/t15-,17-/m1/s1. The third-order valence-electron chi connectivity index (χ3n) is 6.24. The lowest BCUT2D eigenvalue weighted by Crippen LogP contribution is -2.42. The average molecular weight is 338 g/mol. The van der Waals surface area contributed by atoms with E-state index in [4.69, 9.17) is 0 Å². The van der Waals surface area contributed by atoms with Gasteiger partial charge in [0.05, 0.1) is 11.3 Å². The Labute approximate surface area is 141 Å². The molecule has 0 radical (unpaired) electrons. The van der Waals surface area contributed by atoms with Gasteiger partial charge in [-0.1, -0.05) is 25.3 Å². The zero-order valence-corrected chi connectivity index (χ0v) is 14.1. The van der Waals surface area contributed by atoms with Crippen LogP contribution in [0.1, 0.15) is 67.1 Å². The van der Waals surface area contributed by atoms with Gasteiger partial charge in [0.15, 0.2) is 0 Å². The normalized spacial score (nSPS) is 27.9. The lowest BCUT2D eigenvalue weighted by atomic mass is 9.81. The number of rotatable bonds is 1. The van der Waals surface area contributed by atoms with Gasteiger partial charge in [0.25, 0.3) is 0 Å². The van der Waals surface area contributed by atoms with E-state index in [9.17, 15) is 13.2 Å². The van der Waals surface area contributed by atoms with Crippen LogP contribution in [0.25, 0.3) is 0 Å². The Balaban J connectivity index is 1.83. The maximum atomic E-state index is 13.8. The third-order valence-corrected chi connectivity index (χ3v) is 6.24. The highest BCUT2D eigenvalue weighted by Gasteiger charge is 2.45. The fraction of sp³-hybridized carbons (Fsp3) is 0.684. The first-order valence-electron chi connectivity index (χ1n) is 9.15. The van der Waals surface area contributed by atoms with Gasteiger partial charge in [-0.15, -0.1) is 0 Å². The van der Waals surface area contributed by atoms with Crippen molar-refractivity contribution >= 4 is 5.69 Å². The summed E-state index contributed by atoms with van der Waals surface area (Å²) in [7, 11) is 1.84. The summed E-state index contributed by atoms with van der Waals surface area (Å²) in [5, 5.41) is 3.37. The van der Waals surface area contributed by atoms with Crippen molar-refractivity contribution in [2.75, 3.05) is 25.0 Å². The smallest absolute Gasteiger partial charge is 0.370 e. The van der Waals surface area contributed by atoms with Gasteiger partial charge in [0.2, 0.25) is 0 Å². The van der Waals surface area contributed by atoms with E-state index < -0.39 is 11.7 Å². The average Bonchev–Trinajstić information content (AvgIpc) is 2.87. The summed E-state index contributed by atoms with van der Waals surface area (Å²) < 4.78 is 41.4. The lowest BCUT2D eigenvalue weighted by molar-refractivity contribution is -0.137. The monoisotopic (exact) mass is 338 g/mol. The summed E-state index contributed by atoms with van der Waals surface area (Å²) in [4.78, 5) is 1.90. The van der Waals surface area contributed by atoms with Crippen LogP contribution in [0.2, 0.25) is 0 Å². The summed E-state index contributed by atoms with van der Waals surface area (Å²) in [6, 6.07) is 3.76. The maximum Gasteiger partial charge on any atom is 0.418 e. The molecular weight excluding hydrogens is 313 g/mol. The quantitative estimate of drug-likeness (QED) is 0.802. The van der Waals surface area contributed by atoms with Crippen molar-refractivity contribution in [1.29, 1.82) is 0 Å². The molecule has 2 fully saturated rings. The molecule has 2 heterocycles. The predicted octanol–water partition coefficient (Wildman–Crippen LogP) is 4.65. The molecule has 1 saturated heterocycles. The molecular formula is C19H25F3N2. The molecule has 0 spiro atoms. The van der Waals surface area contributed by atoms with E-state index in [1.165, 1.54) is 12.5 Å². The molecule has 2 nitrogen and oxygen atoms in total. The van der Waals surface area contributed by atoms with Crippen LogP contribution in [0.3, 0.4) is 0 Å². The first-order valence-corrected chi connectivity index (χ1v) is 9.15. The predicted molar refractivity (Wildman–Crippen MR) is 89.7 cm³/mol. The molecule has 5 heteroatoms. The summed E-state index contributed by atoms with van der Waals surface area (Å²) in [5.74, 6) is 0.481. The first-order chi connectivity index (χ1) is 11.5. The Bertz CT molecular complexity index is 620. The Hall–Kier alpha value is -1.23. The third kappa shape index (κ3) is 2.61. The molecule has 0 unspecified atom stereocenters. The molecule has 2 aliphatic heterocycles. The zero-order valence-electron chi connectivity index (χ0n) is 14.1. The number of anilines is 1. The second-order valence-electron chi connectivity index (χ2n) is 7.62. The SMILES string of the molecule is CN1c2c(cc(C3CCCCC3)cc2C(F)(F)F)[C@H]2CNCC[C@H]21. The maximum absolute atomic E-state index is 13.8. The fourth-order valence-corrected chi connectivity index (χ4v) is 5.04. The number of alkyl halides is 3. The second kappa shape index (κ2) is 5.94. The van der Waals surface area contributed by atoms with Crippen molar-refractivity contribution < 1.29 is 13.2 Å². The molecule has 1 N–H and O–H groups in total. The van der Waals surface area contributed by atoms with Crippen molar-refractivity contribution in [1.82, 2.24) is 5.32 Å². The van der Waals surface area contributed by atoms with E-state index in [-0.39, 0.29) is 12.0 Å². The van der Waals surface area contributed by atoms with Gasteiger partial charge in [-0.05, 0) is 48.9 Å². The number of hydrogen-bond donors (Lipinski definition) is 1. The molecule has 1 aromatic carbocycles. The van der Waals surface area contributed by atoms with Crippen molar-refractivity contribution in [2.45, 2.75) is 62.6 Å². The van der Waals surface area contributed by atoms with E-state index in [2.05, 4.69) is 11.4 Å². The fourth-order valence-electron chi connectivity index (χ4n) is 5.04. The minimum Gasteiger partial charge on any atom is -0.370 e. The highest BCUT2D eigenvalue weighted by molar-refractivity contribution is 5.68. The molecule has 132 valence electrons. The van der Waals surface area contributed by atoms with E-state index in [1.54, 1.807) is 0 Å². The molecule has 0 aromatic heterocycles. The summed E-state index contributed by atoms with van der Waals surface area (Å²) >= 11 is 0. The summed E-state index contributed by atoms with van der Waals surface area (Å²) in [6.07, 6.45) is 2.16. The van der Waals surface area contributed by atoms with Gasteiger partial charge in [0.1, 0.15) is 0 Å². The number of halogens is 3. The highest BCUT2D eigenvalue weighted by Crippen LogP contribution is 2.50. The van der Waals surface area contributed by atoms with Crippen molar-refractivity contribution in [3.63, 3.8) is 0 Å². The lowest BCUT2D eigenvalue weighted by Gasteiger charge is -2.31. The van der Waals surface area contributed by atoms with Crippen LogP contribution in [0.4, 0.5) is 18.9 Å². The molecule has 24 heavy (non-hydrogen) atoms. The Morgan fingerprint density at radius 3 is 2.54 bits per heavy atom. The van der Waals surface area contributed by atoms with E-state index in [1.807, 2.05) is 11.9 Å². The first kappa shape index (κ1) is 16.2. The van der Waals surface area contributed by atoms with Gasteiger partial charge in [-0.3, -0.25) is 0 Å². The Morgan fingerprint density at radius 2 is 1.83 bits per heavy atom. The number of piperidine rings is 1. The van der Waals surface area contributed by atoms with Crippen LogP contribution in [0.15, 0.2) is 12.1 Å². The number of nitrogens with zero attached hydrogens (tertiary/aromatic N) is 1. The molecule has 2 atom stereocenters. The van der Waals surface area contributed by atoms with E-state index in [0.717, 1.165) is 56.3 Å². The zero-order chi connectivity index (χ0) is 16.9.